The number of rotatable bonds is 8. The van der Waals surface area contributed by atoms with Crippen molar-refractivity contribution in [3.05, 3.63) is 0 Å². The van der Waals surface area contributed by atoms with E-state index in [1.54, 1.807) is 14.2 Å². The quantitative estimate of drug-likeness (QED) is 0.607. The predicted octanol–water partition coefficient (Wildman–Crippen LogP) is -0.193. The molecule has 0 saturated carbocycles. The van der Waals surface area contributed by atoms with E-state index in [1.807, 2.05) is 6.92 Å². The molecule has 0 heterocycles. The molecule has 0 bridgehead atoms. The van der Waals surface area contributed by atoms with Gasteiger partial charge in [0.25, 0.3) is 0 Å². The van der Waals surface area contributed by atoms with E-state index in [0.29, 0.717) is 13.2 Å². The van der Waals surface area contributed by atoms with E-state index < -0.39 is 5.54 Å². The summed E-state index contributed by atoms with van der Waals surface area (Å²) in [5, 5.41) is 2.98. The van der Waals surface area contributed by atoms with Crippen LogP contribution in [0.4, 0.5) is 0 Å². The minimum atomic E-state index is -0.696. The third-order valence-electron chi connectivity index (χ3n) is 3.05. The summed E-state index contributed by atoms with van der Waals surface area (Å²) < 4.78 is 5.12. The zero-order valence-corrected chi connectivity index (χ0v) is 11.0. The first-order valence-electron chi connectivity index (χ1n) is 5.63. The zero-order chi connectivity index (χ0) is 12.8. The van der Waals surface area contributed by atoms with Gasteiger partial charge in [0, 0.05) is 19.7 Å². The number of nitrogens with two attached hydrogens (primary N) is 1. The molecule has 0 fully saturated rings. The Kier molecular flexibility index (Phi) is 6.55. The van der Waals surface area contributed by atoms with Gasteiger partial charge in [0.15, 0.2) is 0 Å². The molecule has 0 radical (unpaired) electrons. The summed E-state index contributed by atoms with van der Waals surface area (Å²) in [4.78, 5) is 13.6. The van der Waals surface area contributed by atoms with Crippen LogP contribution in [0.1, 0.15) is 20.8 Å². The van der Waals surface area contributed by atoms with Crippen LogP contribution >= 0.6 is 0 Å². The molecule has 2 unspecified atom stereocenters. The van der Waals surface area contributed by atoms with Crippen molar-refractivity contribution in [1.29, 1.82) is 0 Å². The Balaban J connectivity index is 4.56. The Hall–Kier alpha value is -0.650. The van der Waals surface area contributed by atoms with Crippen molar-refractivity contribution in [3.8, 4) is 0 Å². The summed E-state index contributed by atoms with van der Waals surface area (Å²) in [6, 6.07) is 0.266. The van der Waals surface area contributed by atoms with Crippen LogP contribution in [-0.4, -0.2) is 56.2 Å². The largest absolute Gasteiger partial charge is 0.383 e. The first-order valence-corrected chi connectivity index (χ1v) is 5.63. The topological polar surface area (TPSA) is 67.6 Å². The van der Waals surface area contributed by atoms with Gasteiger partial charge in [-0.05, 0) is 27.4 Å². The highest BCUT2D eigenvalue weighted by molar-refractivity contribution is 5.84. The standard InChI is InChI=1S/C11H25N3O2/c1-6-14(9(2)7-16-5)8-11(3,13-4)10(12)15/h9,13H,6-8H2,1-5H3,(H2,12,15). The van der Waals surface area contributed by atoms with Crippen molar-refractivity contribution in [1.82, 2.24) is 10.2 Å². The van der Waals surface area contributed by atoms with Gasteiger partial charge in [0.2, 0.25) is 5.91 Å². The highest BCUT2D eigenvalue weighted by atomic mass is 16.5. The minimum Gasteiger partial charge on any atom is -0.383 e. The molecule has 1 amide bonds. The average molecular weight is 231 g/mol. The van der Waals surface area contributed by atoms with Crippen molar-refractivity contribution < 1.29 is 9.53 Å². The number of ether oxygens (including phenoxy) is 1. The fraction of sp³-hybridized carbons (Fsp3) is 0.909. The molecule has 0 aromatic carbocycles. The zero-order valence-electron chi connectivity index (χ0n) is 11.0. The molecule has 96 valence electrons. The molecule has 0 aliphatic carbocycles. The fourth-order valence-electron chi connectivity index (χ4n) is 1.61. The third kappa shape index (κ3) is 4.08. The van der Waals surface area contributed by atoms with Gasteiger partial charge >= 0.3 is 0 Å². The van der Waals surface area contributed by atoms with E-state index in [4.69, 9.17) is 10.5 Å². The molecule has 0 aromatic rings. The monoisotopic (exact) mass is 231 g/mol. The number of nitrogens with zero attached hydrogens (tertiary/aromatic N) is 1. The van der Waals surface area contributed by atoms with Gasteiger partial charge in [-0.2, -0.15) is 0 Å². The van der Waals surface area contributed by atoms with Crippen LogP contribution in [0.5, 0.6) is 0 Å². The van der Waals surface area contributed by atoms with E-state index in [1.165, 1.54) is 0 Å². The van der Waals surface area contributed by atoms with Gasteiger partial charge < -0.3 is 15.8 Å². The SMILES string of the molecule is CCN(CC(C)(NC)C(N)=O)C(C)COC. The number of primary amides is 1. The molecule has 0 rings (SSSR count). The Morgan fingerprint density at radius 1 is 1.62 bits per heavy atom. The van der Waals surface area contributed by atoms with Crippen LogP contribution in [0.3, 0.4) is 0 Å². The van der Waals surface area contributed by atoms with Crippen LogP contribution in [-0.2, 0) is 9.53 Å². The number of hydrogen-bond donors (Lipinski definition) is 2. The molecule has 0 saturated heterocycles. The smallest absolute Gasteiger partial charge is 0.238 e. The van der Waals surface area contributed by atoms with Crippen molar-refractivity contribution in [2.24, 2.45) is 5.73 Å². The lowest BCUT2D eigenvalue weighted by molar-refractivity contribution is -0.124. The van der Waals surface area contributed by atoms with E-state index >= 15 is 0 Å². The summed E-state index contributed by atoms with van der Waals surface area (Å²) in [5.41, 5.74) is 4.70. The first kappa shape index (κ1) is 15.3. The van der Waals surface area contributed by atoms with E-state index in [9.17, 15) is 4.79 Å². The van der Waals surface area contributed by atoms with E-state index in [2.05, 4.69) is 24.1 Å². The Bertz CT molecular complexity index is 223. The van der Waals surface area contributed by atoms with Crippen LogP contribution in [0.15, 0.2) is 0 Å². The van der Waals surface area contributed by atoms with Crippen molar-refractivity contribution in [3.63, 3.8) is 0 Å². The molecule has 0 aliphatic rings. The lowest BCUT2D eigenvalue weighted by Crippen LogP contribution is -2.59. The van der Waals surface area contributed by atoms with E-state index in [-0.39, 0.29) is 11.9 Å². The maximum Gasteiger partial charge on any atom is 0.238 e. The van der Waals surface area contributed by atoms with Crippen LogP contribution in [0, 0.1) is 0 Å². The number of carbonyl (C=O) groups is 1. The first-order chi connectivity index (χ1) is 7.41. The van der Waals surface area contributed by atoms with Gasteiger partial charge in [-0.3, -0.25) is 9.69 Å². The number of likely N-dealkylation sites (N-methyl/N-ethyl adjacent to an activating group) is 2. The number of amides is 1. The highest BCUT2D eigenvalue weighted by Gasteiger charge is 2.32. The lowest BCUT2D eigenvalue weighted by Gasteiger charge is -2.35. The highest BCUT2D eigenvalue weighted by Crippen LogP contribution is 2.09. The molecular formula is C11H25N3O2. The molecule has 16 heavy (non-hydrogen) atoms. The molecule has 0 spiro atoms. The van der Waals surface area contributed by atoms with Gasteiger partial charge in [-0.1, -0.05) is 6.92 Å². The number of nitrogens with one attached hydrogen (secondary N) is 1. The molecule has 5 nitrogen and oxygen atoms in total. The molecular weight excluding hydrogens is 206 g/mol. The third-order valence-corrected chi connectivity index (χ3v) is 3.05. The number of methoxy groups -OCH3 is 1. The number of hydrogen-bond acceptors (Lipinski definition) is 4. The molecule has 0 aliphatic heterocycles. The summed E-state index contributed by atoms with van der Waals surface area (Å²) in [6.07, 6.45) is 0. The summed E-state index contributed by atoms with van der Waals surface area (Å²) in [7, 11) is 3.43. The second-order valence-corrected chi connectivity index (χ2v) is 4.31. The van der Waals surface area contributed by atoms with Crippen molar-refractivity contribution in [2.75, 3.05) is 33.9 Å². The predicted molar refractivity (Wildman–Crippen MR) is 65.2 cm³/mol. The van der Waals surface area contributed by atoms with Crippen LogP contribution < -0.4 is 11.1 Å². The second-order valence-electron chi connectivity index (χ2n) is 4.31. The molecule has 5 heteroatoms. The summed E-state index contributed by atoms with van der Waals surface area (Å²) in [5.74, 6) is -0.335. The molecule has 0 aromatic heterocycles. The normalized spacial score (nSPS) is 17.1. The van der Waals surface area contributed by atoms with Gasteiger partial charge in [-0.15, -0.1) is 0 Å². The Labute approximate surface area is 98.3 Å². The van der Waals surface area contributed by atoms with Gasteiger partial charge in [-0.25, -0.2) is 0 Å². The Morgan fingerprint density at radius 3 is 2.50 bits per heavy atom. The minimum absolute atomic E-state index is 0.266. The van der Waals surface area contributed by atoms with E-state index in [0.717, 1.165) is 6.54 Å². The second kappa shape index (κ2) is 6.83. The molecule has 2 atom stereocenters. The molecule has 3 N–H and O–H groups in total. The summed E-state index contributed by atoms with van der Waals surface area (Å²) >= 11 is 0. The fourth-order valence-corrected chi connectivity index (χ4v) is 1.61. The van der Waals surface area contributed by atoms with Crippen molar-refractivity contribution in [2.45, 2.75) is 32.4 Å². The summed E-state index contributed by atoms with van der Waals surface area (Å²) in [6.45, 7) is 8.03. The van der Waals surface area contributed by atoms with Crippen LogP contribution in [0.25, 0.3) is 0 Å². The maximum atomic E-state index is 11.4. The average Bonchev–Trinajstić information content (AvgIpc) is 2.25. The maximum absolute atomic E-state index is 11.4. The van der Waals surface area contributed by atoms with Gasteiger partial charge in [0.1, 0.15) is 5.54 Å². The Morgan fingerprint density at radius 2 is 2.19 bits per heavy atom. The van der Waals surface area contributed by atoms with Crippen molar-refractivity contribution >= 4 is 5.91 Å². The number of carbonyl (C=O) groups excluding carboxylic acids is 1. The lowest BCUT2D eigenvalue weighted by atomic mass is 10.0. The van der Waals surface area contributed by atoms with Gasteiger partial charge in [0.05, 0.1) is 6.61 Å². The van der Waals surface area contributed by atoms with Crippen LogP contribution in [0.2, 0.25) is 0 Å².